The molecule has 0 aromatic rings. The van der Waals surface area contributed by atoms with Crippen molar-refractivity contribution in [1.29, 1.82) is 0 Å². The lowest BCUT2D eigenvalue weighted by molar-refractivity contribution is -0.157. The standard InChI is InChI=1S/C69H125N13O13/c1-26-28-29-45(13)58(83)57-62(87)72-50(27-2)65(90)74(18)49(17)64(89)79(23)56(46(14)39-82-32-30-81(31-33-82)34-35-95-25)61(86)73-54(43(9)10)68(93)75(19)51(36-40(3)4)60(85)70-47(15)59(84)71-48(16)63(88)76(20)52(37-41(5)6)66(91)77(21)53(38-42(7)8)67(92)78(22)55(44(11)12)69(94)80(57)24/h26,28,40-58,83H,27,29-39H2,1-25H3,(H,70,85)(H,71,84)(H,72,87)(H,73,86)/b28-26+/t45-,46-,47+,48-,49-,50+,51+,52+,53+,54+,55+,56+,57+,58-/m1/s1. The molecule has 11 amide bonds. The normalized spacial score (nSPS) is 27.8. The van der Waals surface area contributed by atoms with Gasteiger partial charge in [-0.05, 0) is 101 Å². The number of allylic oxidation sites excluding steroid dienone is 2. The molecule has 2 rings (SSSR count). The predicted octanol–water partition coefficient (Wildman–Crippen LogP) is 2.51. The summed E-state index contributed by atoms with van der Waals surface area (Å²) in [6.07, 6.45) is 2.83. The minimum absolute atomic E-state index is 0.00416. The van der Waals surface area contributed by atoms with E-state index < -0.39 is 161 Å². The van der Waals surface area contributed by atoms with Crippen LogP contribution < -0.4 is 21.3 Å². The Morgan fingerprint density at radius 1 is 0.484 bits per heavy atom. The van der Waals surface area contributed by atoms with Crippen LogP contribution in [-0.4, -0.2) is 289 Å². The molecule has 26 heteroatoms. The van der Waals surface area contributed by atoms with E-state index in [0.29, 0.717) is 32.7 Å². The molecule has 0 saturated carbocycles. The number of rotatable bonds is 19. The van der Waals surface area contributed by atoms with Crippen molar-refractivity contribution in [2.24, 2.45) is 41.4 Å². The topological polar surface area (TPSA) is 295 Å². The molecule has 0 spiro atoms. The molecule has 95 heavy (non-hydrogen) atoms. The number of methoxy groups -OCH3 is 1. The van der Waals surface area contributed by atoms with Crippen molar-refractivity contribution in [3.8, 4) is 0 Å². The molecule has 544 valence electrons. The highest BCUT2D eigenvalue weighted by atomic mass is 16.5. The fraction of sp³-hybridized carbons (Fsp3) is 0.812. The Hall–Kier alpha value is -6.25. The van der Waals surface area contributed by atoms with Gasteiger partial charge in [0, 0.05) is 95.7 Å². The van der Waals surface area contributed by atoms with Crippen LogP contribution in [0.25, 0.3) is 0 Å². The van der Waals surface area contributed by atoms with Gasteiger partial charge in [0.05, 0.1) is 12.7 Å². The monoisotopic (exact) mass is 1340 g/mol. The molecule has 26 nitrogen and oxygen atoms in total. The van der Waals surface area contributed by atoms with Gasteiger partial charge < -0.3 is 70.3 Å². The first kappa shape index (κ1) is 84.8. The van der Waals surface area contributed by atoms with Crippen molar-refractivity contribution >= 4 is 65.0 Å². The second-order valence-corrected chi connectivity index (χ2v) is 28.9. The molecular formula is C69H125N13O13. The van der Waals surface area contributed by atoms with Gasteiger partial charge in [0.2, 0.25) is 65.0 Å². The third kappa shape index (κ3) is 23.5. The Morgan fingerprint density at radius 3 is 1.42 bits per heavy atom. The first-order valence-corrected chi connectivity index (χ1v) is 34.5. The van der Waals surface area contributed by atoms with E-state index in [-0.39, 0.29) is 43.4 Å². The van der Waals surface area contributed by atoms with Crippen molar-refractivity contribution in [2.75, 3.05) is 102 Å². The van der Waals surface area contributed by atoms with Crippen LogP contribution in [0.5, 0.6) is 0 Å². The van der Waals surface area contributed by atoms with Crippen molar-refractivity contribution in [3.63, 3.8) is 0 Å². The van der Waals surface area contributed by atoms with Crippen LogP contribution in [0, 0.1) is 41.4 Å². The number of piperazine rings is 1. The average Bonchev–Trinajstić information content (AvgIpc) is 0.825. The lowest BCUT2D eigenvalue weighted by Crippen LogP contribution is -2.64. The summed E-state index contributed by atoms with van der Waals surface area (Å²) in [5.41, 5.74) is 0. The zero-order valence-corrected chi connectivity index (χ0v) is 62.5. The van der Waals surface area contributed by atoms with Crippen LogP contribution in [0.15, 0.2) is 12.2 Å². The van der Waals surface area contributed by atoms with E-state index in [1.165, 1.54) is 99.5 Å². The molecular weight excluding hydrogens is 1220 g/mol. The van der Waals surface area contributed by atoms with E-state index in [4.69, 9.17) is 4.74 Å². The maximum Gasteiger partial charge on any atom is 0.246 e. The number of carbonyl (C=O) groups excluding carboxylic acids is 11. The number of amides is 11. The largest absolute Gasteiger partial charge is 0.390 e. The number of aliphatic hydroxyl groups excluding tert-OH is 1. The number of hydrogen-bond donors (Lipinski definition) is 5. The van der Waals surface area contributed by atoms with E-state index in [1.807, 2.05) is 54.5 Å². The van der Waals surface area contributed by atoms with Crippen LogP contribution in [-0.2, 0) is 57.5 Å². The van der Waals surface area contributed by atoms with E-state index in [2.05, 4.69) is 31.1 Å². The number of carbonyl (C=O) groups is 11. The van der Waals surface area contributed by atoms with E-state index >= 15 is 28.8 Å². The number of nitrogens with zero attached hydrogens (tertiary/aromatic N) is 9. The number of likely N-dealkylation sites (N-methyl/N-ethyl adjacent to an activating group) is 7. The van der Waals surface area contributed by atoms with Gasteiger partial charge in [-0.3, -0.25) is 57.6 Å². The maximum absolute atomic E-state index is 15.3. The van der Waals surface area contributed by atoms with Gasteiger partial charge in [0.15, 0.2) is 0 Å². The minimum Gasteiger partial charge on any atom is -0.390 e. The molecule has 0 aromatic carbocycles. The van der Waals surface area contributed by atoms with Gasteiger partial charge in [-0.25, -0.2) is 0 Å². The molecule has 2 fully saturated rings. The highest BCUT2D eigenvalue weighted by Gasteiger charge is 2.47. The summed E-state index contributed by atoms with van der Waals surface area (Å²) in [5.74, 6) is -10.3. The Kier molecular flexibility index (Phi) is 35.0. The van der Waals surface area contributed by atoms with E-state index in [1.54, 1.807) is 61.7 Å². The molecule has 5 N–H and O–H groups in total. The molecule has 2 heterocycles. The van der Waals surface area contributed by atoms with Gasteiger partial charge in [0.25, 0.3) is 0 Å². The summed E-state index contributed by atoms with van der Waals surface area (Å²) in [6.45, 7) is 34.1. The van der Waals surface area contributed by atoms with E-state index in [0.717, 1.165) is 24.5 Å². The number of aliphatic hydroxyl groups is 1. The quantitative estimate of drug-likeness (QED) is 0.116. The lowest BCUT2D eigenvalue weighted by Gasteiger charge is -2.41. The average molecular weight is 1340 g/mol. The third-order valence-electron chi connectivity index (χ3n) is 19.0. The van der Waals surface area contributed by atoms with Crippen molar-refractivity contribution in [1.82, 2.24) is 65.4 Å². The van der Waals surface area contributed by atoms with Crippen LogP contribution in [0.2, 0.25) is 0 Å². The zero-order valence-electron chi connectivity index (χ0n) is 62.5. The molecule has 0 bridgehead atoms. The Labute approximate surface area is 569 Å². The van der Waals surface area contributed by atoms with Gasteiger partial charge in [0.1, 0.15) is 66.5 Å². The lowest BCUT2D eigenvalue weighted by atomic mass is 9.91. The Balaban J connectivity index is 3.05. The summed E-state index contributed by atoms with van der Waals surface area (Å²) >= 11 is 0. The highest BCUT2D eigenvalue weighted by Crippen LogP contribution is 2.26. The number of nitrogens with one attached hydrogen (secondary N) is 4. The fourth-order valence-corrected chi connectivity index (χ4v) is 12.7. The smallest absolute Gasteiger partial charge is 0.246 e. The molecule has 2 aliphatic rings. The first-order valence-electron chi connectivity index (χ1n) is 34.5. The van der Waals surface area contributed by atoms with Crippen LogP contribution in [0.4, 0.5) is 0 Å². The van der Waals surface area contributed by atoms with Crippen molar-refractivity contribution in [3.05, 3.63) is 12.2 Å². The minimum atomic E-state index is -1.63. The number of ether oxygens (including phenoxy) is 1. The molecule has 0 unspecified atom stereocenters. The Bertz CT molecular complexity index is 2600. The molecule has 2 saturated heterocycles. The van der Waals surface area contributed by atoms with Gasteiger partial charge in [-0.15, -0.1) is 0 Å². The maximum atomic E-state index is 15.3. The predicted molar refractivity (Wildman–Crippen MR) is 368 cm³/mol. The van der Waals surface area contributed by atoms with Crippen molar-refractivity contribution in [2.45, 2.75) is 222 Å². The van der Waals surface area contributed by atoms with Gasteiger partial charge in [-0.2, -0.15) is 0 Å². The third-order valence-corrected chi connectivity index (χ3v) is 19.0. The Morgan fingerprint density at radius 2 is 0.937 bits per heavy atom. The van der Waals surface area contributed by atoms with Crippen LogP contribution in [0.3, 0.4) is 0 Å². The van der Waals surface area contributed by atoms with Crippen molar-refractivity contribution < 1.29 is 62.6 Å². The molecule has 2 aliphatic heterocycles. The summed E-state index contributed by atoms with van der Waals surface area (Å²) < 4.78 is 5.31. The highest BCUT2D eigenvalue weighted by molar-refractivity contribution is 6.00. The van der Waals surface area contributed by atoms with Crippen LogP contribution in [0.1, 0.15) is 150 Å². The molecule has 0 radical (unpaired) electrons. The van der Waals surface area contributed by atoms with Crippen LogP contribution >= 0.6 is 0 Å². The van der Waals surface area contributed by atoms with E-state index in [9.17, 15) is 29.1 Å². The first-order chi connectivity index (χ1) is 44.1. The van der Waals surface area contributed by atoms with Gasteiger partial charge in [-0.1, -0.05) is 102 Å². The second kappa shape index (κ2) is 39.2. The molecule has 0 aliphatic carbocycles. The zero-order chi connectivity index (χ0) is 73.0. The van der Waals surface area contributed by atoms with Gasteiger partial charge >= 0.3 is 0 Å². The summed E-state index contributed by atoms with van der Waals surface area (Å²) in [6, 6.07) is -13.9. The SMILES string of the molecule is C/C=C/C[C@@H](C)[C@@H](O)[C@H]1C(=O)N[C@@H](CC)C(=O)N(C)[C@H](C)C(=O)N(C)[C@@H]([C@H](C)CN2CCN(CCOC)CC2)C(=O)N[C@@H](C(C)C)C(=O)N(C)[C@@H](CC(C)C)C(=O)N[C@@H](C)C(=O)N[C@H](C)C(=O)N(C)[C@@H](CC(C)C)C(=O)N(C)[C@@H](CC(C)C)C(=O)N(C)[C@@H](C(C)C)C(=O)N1C. The second-order valence-electron chi connectivity index (χ2n) is 28.9. The fourth-order valence-electron chi connectivity index (χ4n) is 12.7. The molecule has 0 aromatic heterocycles. The summed E-state index contributed by atoms with van der Waals surface area (Å²) in [4.78, 5) is 177. The molecule has 14 atom stereocenters. The summed E-state index contributed by atoms with van der Waals surface area (Å²) in [5, 5.41) is 23.5. The summed E-state index contributed by atoms with van der Waals surface area (Å²) in [7, 11) is 11.7. The number of hydrogen-bond acceptors (Lipinski definition) is 15.